The Morgan fingerprint density at radius 3 is 2.41 bits per heavy atom. The molecule has 0 bridgehead atoms. The highest BCUT2D eigenvalue weighted by molar-refractivity contribution is 5.79. The Morgan fingerprint density at radius 2 is 1.85 bits per heavy atom. The lowest BCUT2D eigenvalue weighted by atomic mass is 9.96. The number of hydrogen-bond donors (Lipinski definition) is 2. The second kappa shape index (κ2) is 8.58. The van der Waals surface area contributed by atoms with Crippen molar-refractivity contribution in [3.05, 3.63) is 35.1 Å². The van der Waals surface area contributed by atoms with Crippen LogP contribution in [0.5, 0.6) is 0 Å². The molecule has 9 heteroatoms. The molecule has 5 nitrogen and oxygen atoms in total. The first-order valence-corrected chi connectivity index (χ1v) is 8.76. The third-order valence-corrected chi connectivity index (χ3v) is 4.40. The Bertz CT molecular complexity index is 684. The van der Waals surface area contributed by atoms with Gasteiger partial charge in [-0.2, -0.15) is 13.2 Å². The predicted molar refractivity (Wildman–Crippen MR) is 91.2 cm³/mol. The summed E-state index contributed by atoms with van der Waals surface area (Å²) in [7, 11) is 0. The minimum absolute atomic E-state index is 0.0112. The van der Waals surface area contributed by atoms with Gasteiger partial charge in [-0.15, -0.1) is 0 Å². The summed E-state index contributed by atoms with van der Waals surface area (Å²) in [4.78, 5) is 25.8. The van der Waals surface area contributed by atoms with Gasteiger partial charge in [0.2, 0.25) is 5.91 Å². The highest BCUT2D eigenvalue weighted by Gasteiger charge is 2.34. The van der Waals surface area contributed by atoms with E-state index in [1.807, 2.05) is 13.8 Å². The van der Waals surface area contributed by atoms with Gasteiger partial charge in [0.1, 0.15) is 5.82 Å². The van der Waals surface area contributed by atoms with Gasteiger partial charge in [0, 0.05) is 31.6 Å². The second-order valence-electron chi connectivity index (χ2n) is 6.88. The average molecular weight is 389 g/mol. The molecule has 1 aliphatic heterocycles. The number of hydrogen-bond acceptors (Lipinski definition) is 2. The molecule has 0 atom stereocenters. The summed E-state index contributed by atoms with van der Waals surface area (Å²) in [6.45, 7) is 4.18. The molecule has 0 aromatic heterocycles. The van der Waals surface area contributed by atoms with E-state index in [0.29, 0.717) is 32.0 Å². The van der Waals surface area contributed by atoms with Crippen LogP contribution in [0, 0.1) is 11.7 Å². The summed E-state index contributed by atoms with van der Waals surface area (Å²) in [5, 5.41) is 5.27. The molecule has 0 spiro atoms. The van der Waals surface area contributed by atoms with Crippen molar-refractivity contribution >= 4 is 11.9 Å². The van der Waals surface area contributed by atoms with Gasteiger partial charge >= 0.3 is 12.2 Å². The van der Waals surface area contributed by atoms with Crippen LogP contribution in [0.15, 0.2) is 18.2 Å². The first-order valence-electron chi connectivity index (χ1n) is 8.76. The third-order valence-electron chi connectivity index (χ3n) is 4.40. The molecule has 1 saturated heterocycles. The Morgan fingerprint density at radius 1 is 1.22 bits per heavy atom. The fraction of sp³-hybridized carbons (Fsp3) is 0.556. The Balaban J connectivity index is 1.90. The van der Waals surface area contributed by atoms with Gasteiger partial charge in [-0.1, -0.05) is 6.07 Å². The van der Waals surface area contributed by atoms with Crippen molar-refractivity contribution < 1.29 is 27.2 Å². The molecule has 3 amide bonds. The fourth-order valence-corrected chi connectivity index (χ4v) is 2.98. The van der Waals surface area contributed by atoms with Crippen LogP contribution in [-0.2, 0) is 17.5 Å². The van der Waals surface area contributed by atoms with Crippen LogP contribution in [0.4, 0.5) is 22.4 Å². The largest absolute Gasteiger partial charge is 0.416 e. The summed E-state index contributed by atoms with van der Waals surface area (Å²) in [6, 6.07) is 2.20. The fourth-order valence-electron chi connectivity index (χ4n) is 2.98. The number of amides is 3. The smallest absolute Gasteiger partial charge is 0.352 e. The molecule has 2 rings (SSSR count). The molecule has 1 aromatic carbocycles. The number of piperidine rings is 1. The number of rotatable bonds is 4. The third kappa shape index (κ3) is 5.83. The number of benzene rings is 1. The number of alkyl halides is 3. The molecule has 1 aromatic rings. The Kier molecular flexibility index (Phi) is 6.67. The molecule has 1 fully saturated rings. The first kappa shape index (κ1) is 21.0. The molecule has 2 N–H and O–H groups in total. The number of carbonyl (C=O) groups is 2. The monoisotopic (exact) mass is 389 g/mol. The Labute approximate surface area is 155 Å². The zero-order valence-corrected chi connectivity index (χ0v) is 15.2. The number of nitrogens with one attached hydrogen (secondary N) is 2. The van der Waals surface area contributed by atoms with Crippen molar-refractivity contribution in [3.63, 3.8) is 0 Å². The molecule has 1 aliphatic rings. The van der Waals surface area contributed by atoms with E-state index in [2.05, 4.69) is 10.6 Å². The van der Waals surface area contributed by atoms with E-state index in [1.165, 1.54) is 0 Å². The van der Waals surface area contributed by atoms with Crippen LogP contribution in [0.2, 0.25) is 0 Å². The maximum Gasteiger partial charge on any atom is 0.416 e. The van der Waals surface area contributed by atoms with Gasteiger partial charge in [-0.25, -0.2) is 9.18 Å². The van der Waals surface area contributed by atoms with E-state index in [1.54, 1.807) is 4.90 Å². The molecule has 1 heterocycles. The molecule has 0 aliphatic carbocycles. The van der Waals surface area contributed by atoms with E-state index in [-0.39, 0.29) is 36.0 Å². The normalized spacial score (nSPS) is 15.7. The van der Waals surface area contributed by atoms with Crippen molar-refractivity contribution in [2.45, 2.75) is 45.5 Å². The number of likely N-dealkylation sites (tertiary alicyclic amines) is 1. The van der Waals surface area contributed by atoms with E-state index in [9.17, 15) is 27.2 Å². The number of halogens is 4. The van der Waals surface area contributed by atoms with E-state index in [0.717, 1.165) is 12.1 Å². The minimum atomic E-state index is -4.70. The topological polar surface area (TPSA) is 61.4 Å². The molecule has 27 heavy (non-hydrogen) atoms. The summed E-state index contributed by atoms with van der Waals surface area (Å²) < 4.78 is 52.1. The summed E-state index contributed by atoms with van der Waals surface area (Å²) >= 11 is 0. The van der Waals surface area contributed by atoms with Crippen molar-refractivity contribution in [1.29, 1.82) is 0 Å². The van der Waals surface area contributed by atoms with Gasteiger partial charge in [0.15, 0.2) is 0 Å². The molecular weight excluding hydrogens is 366 g/mol. The van der Waals surface area contributed by atoms with Gasteiger partial charge < -0.3 is 15.5 Å². The van der Waals surface area contributed by atoms with E-state index in [4.69, 9.17) is 0 Å². The number of carbonyl (C=O) groups excluding carboxylic acids is 2. The number of nitrogens with zero attached hydrogens (tertiary/aromatic N) is 1. The van der Waals surface area contributed by atoms with Crippen LogP contribution in [-0.4, -0.2) is 36.0 Å². The molecular formula is C18H23F4N3O2. The van der Waals surface area contributed by atoms with Crippen molar-refractivity contribution in [2.75, 3.05) is 13.1 Å². The summed E-state index contributed by atoms with van der Waals surface area (Å²) in [6.07, 6.45) is -3.82. The average Bonchev–Trinajstić information content (AvgIpc) is 2.59. The molecule has 150 valence electrons. The standard InChI is InChI=1S/C18H23F4N3O2/c1-11(2)24-17(27)25-7-5-12(6-8-25)16(26)23-10-13-3-4-14(19)9-15(13)18(20,21)22/h3-4,9,11-12H,5-8,10H2,1-2H3,(H,23,26)(H,24,27). The van der Waals surface area contributed by atoms with Crippen LogP contribution in [0.1, 0.15) is 37.8 Å². The Hall–Kier alpha value is -2.32. The lowest BCUT2D eigenvalue weighted by Gasteiger charge is -2.32. The quantitative estimate of drug-likeness (QED) is 0.777. The van der Waals surface area contributed by atoms with Crippen molar-refractivity contribution in [3.8, 4) is 0 Å². The van der Waals surface area contributed by atoms with Crippen LogP contribution >= 0.6 is 0 Å². The maximum absolute atomic E-state index is 13.1. The minimum Gasteiger partial charge on any atom is -0.352 e. The zero-order chi connectivity index (χ0) is 20.2. The van der Waals surface area contributed by atoms with Gasteiger partial charge in [0.25, 0.3) is 0 Å². The van der Waals surface area contributed by atoms with Crippen molar-refractivity contribution in [2.24, 2.45) is 5.92 Å². The van der Waals surface area contributed by atoms with Gasteiger partial charge in [-0.3, -0.25) is 4.79 Å². The van der Waals surface area contributed by atoms with Crippen LogP contribution < -0.4 is 10.6 Å². The van der Waals surface area contributed by atoms with Crippen molar-refractivity contribution in [1.82, 2.24) is 15.5 Å². The zero-order valence-electron chi connectivity index (χ0n) is 15.2. The maximum atomic E-state index is 13.1. The lowest BCUT2D eigenvalue weighted by molar-refractivity contribution is -0.138. The predicted octanol–water partition coefficient (Wildman–Crippen LogP) is 3.29. The van der Waals surface area contributed by atoms with Gasteiger partial charge in [0.05, 0.1) is 5.56 Å². The molecule has 0 saturated carbocycles. The molecule has 0 radical (unpaired) electrons. The highest BCUT2D eigenvalue weighted by atomic mass is 19.4. The number of urea groups is 1. The highest BCUT2D eigenvalue weighted by Crippen LogP contribution is 2.32. The second-order valence-corrected chi connectivity index (χ2v) is 6.88. The van der Waals surface area contributed by atoms with E-state index < -0.39 is 17.6 Å². The summed E-state index contributed by atoms with van der Waals surface area (Å²) in [5.74, 6) is -1.72. The lowest BCUT2D eigenvalue weighted by Crippen LogP contribution is -2.48. The van der Waals surface area contributed by atoms with Crippen LogP contribution in [0.25, 0.3) is 0 Å². The first-order chi connectivity index (χ1) is 12.6. The molecule has 0 unspecified atom stereocenters. The SMILES string of the molecule is CC(C)NC(=O)N1CCC(C(=O)NCc2ccc(F)cc2C(F)(F)F)CC1. The van der Waals surface area contributed by atoms with Crippen LogP contribution in [0.3, 0.4) is 0 Å². The van der Waals surface area contributed by atoms with Gasteiger partial charge in [-0.05, 0) is 44.4 Å². The van der Waals surface area contributed by atoms with E-state index >= 15 is 0 Å². The summed E-state index contributed by atoms with van der Waals surface area (Å²) in [5.41, 5.74) is -1.28.